The molecule has 0 aromatic heterocycles. The summed E-state index contributed by atoms with van der Waals surface area (Å²) in [5.74, 6) is 0.614. The molecule has 2 unspecified atom stereocenters. The Labute approximate surface area is 126 Å². The molecule has 2 rings (SSSR count). The van der Waals surface area contributed by atoms with E-state index < -0.39 is 6.10 Å². The molecule has 0 spiro atoms. The molecule has 5 nitrogen and oxygen atoms in total. The highest BCUT2D eigenvalue weighted by molar-refractivity contribution is 5.36. The van der Waals surface area contributed by atoms with E-state index in [0.29, 0.717) is 23.9 Å². The monoisotopic (exact) mass is 289 g/mol. The minimum Gasteiger partial charge on any atom is -0.491 e. The van der Waals surface area contributed by atoms with Crippen LogP contribution in [0.3, 0.4) is 0 Å². The van der Waals surface area contributed by atoms with Gasteiger partial charge in [0.1, 0.15) is 18.5 Å². The Bertz CT molecular complexity index is 487. The third-order valence-corrected chi connectivity index (χ3v) is 3.84. The Morgan fingerprint density at radius 1 is 1.57 bits per heavy atom. The van der Waals surface area contributed by atoms with E-state index in [4.69, 9.17) is 10.00 Å². The highest BCUT2D eigenvalue weighted by Crippen LogP contribution is 2.14. The Balaban J connectivity index is 1.65. The van der Waals surface area contributed by atoms with Crippen molar-refractivity contribution in [3.05, 3.63) is 29.8 Å². The average Bonchev–Trinajstić information content (AvgIpc) is 2.91. The van der Waals surface area contributed by atoms with Gasteiger partial charge in [-0.05, 0) is 44.6 Å². The minimum absolute atomic E-state index is 0.225. The van der Waals surface area contributed by atoms with Crippen molar-refractivity contribution in [3.63, 3.8) is 0 Å². The summed E-state index contributed by atoms with van der Waals surface area (Å²) in [6.07, 6.45) is 1.92. The molecular formula is C16H23N3O2. The lowest BCUT2D eigenvalue weighted by Gasteiger charge is -2.21. The first kappa shape index (κ1) is 15.8. The summed E-state index contributed by atoms with van der Waals surface area (Å²) < 4.78 is 5.50. The lowest BCUT2D eigenvalue weighted by molar-refractivity contribution is 0.105. The molecule has 1 aromatic carbocycles. The normalized spacial score (nSPS) is 20.1. The van der Waals surface area contributed by atoms with Crippen molar-refractivity contribution < 1.29 is 9.84 Å². The van der Waals surface area contributed by atoms with E-state index >= 15 is 0 Å². The van der Waals surface area contributed by atoms with Gasteiger partial charge in [-0.3, -0.25) is 0 Å². The van der Waals surface area contributed by atoms with Crippen LogP contribution in [0.1, 0.15) is 18.4 Å². The Morgan fingerprint density at radius 2 is 2.43 bits per heavy atom. The van der Waals surface area contributed by atoms with E-state index in [1.165, 1.54) is 12.8 Å². The fraction of sp³-hybridized carbons (Fsp3) is 0.562. The fourth-order valence-corrected chi connectivity index (χ4v) is 2.56. The SMILES string of the molecule is CN1CCCC1CNCC(O)COc1cccc(C#N)c1. The van der Waals surface area contributed by atoms with Gasteiger partial charge in [-0.25, -0.2) is 0 Å². The Hall–Kier alpha value is -1.61. The van der Waals surface area contributed by atoms with Gasteiger partial charge >= 0.3 is 0 Å². The Kier molecular flexibility index (Phi) is 6.00. The summed E-state index contributed by atoms with van der Waals surface area (Å²) in [6.45, 7) is 2.80. The van der Waals surface area contributed by atoms with Gasteiger partial charge in [-0.15, -0.1) is 0 Å². The van der Waals surface area contributed by atoms with Crippen LogP contribution in [0.25, 0.3) is 0 Å². The fourth-order valence-electron chi connectivity index (χ4n) is 2.56. The number of rotatable bonds is 7. The van der Waals surface area contributed by atoms with E-state index in [1.54, 1.807) is 24.3 Å². The molecule has 1 fully saturated rings. The van der Waals surface area contributed by atoms with Crippen molar-refractivity contribution in [2.45, 2.75) is 25.0 Å². The largest absolute Gasteiger partial charge is 0.491 e. The first-order valence-corrected chi connectivity index (χ1v) is 7.41. The predicted octanol–water partition coefficient (Wildman–Crippen LogP) is 0.982. The third kappa shape index (κ3) is 5.01. The van der Waals surface area contributed by atoms with Crippen LogP contribution in [0.5, 0.6) is 5.75 Å². The van der Waals surface area contributed by atoms with Crippen LogP contribution in [0, 0.1) is 11.3 Å². The van der Waals surface area contributed by atoms with Crippen molar-refractivity contribution in [3.8, 4) is 11.8 Å². The van der Waals surface area contributed by atoms with Crippen LogP contribution >= 0.6 is 0 Å². The molecule has 1 aliphatic rings. The summed E-state index contributed by atoms with van der Waals surface area (Å²) in [4.78, 5) is 2.35. The molecule has 21 heavy (non-hydrogen) atoms. The third-order valence-electron chi connectivity index (χ3n) is 3.84. The topological polar surface area (TPSA) is 68.5 Å². The Morgan fingerprint density at radius 3 is 3.14 bits per heavy atom. The second-order valence-electron chi connectivity index (χ2n) is 5.54. The summed E-state index contributed by atoms with van der Waals surface area (Å²) in [7, 11) is 2.14. The van der Waals surface area contributed by atoms with Gasteiger partial charge in [0, 0.05) is 19.1 Å². The zero-order valence-corrected chi connectivity index (χ0v) is 12.5. The van der Waals surface area contributed by atoms with Gasteiger partial charge in [0.15, 0.2) is 0 Å². The van der Waals surface area contributed by atoms with Crippen molar-refractivity contribution >= 4 is 0 Å². The van der Waals surface area contributed by atoms with Crippen LogP contribution in [0.2, 0.25) is 0 Å². The quantitative estimate of drug-likeness (QED) is 0.783. The summed E-state index contributed by atoms with van der Waals surface area (Å²) in [5, 5.41) is 22.0. The van der Waals surface area contributed by atoms with E-state index in [0.717, 1.165) is 13.1 Å². The van der Waals surface area contributed by atoms with Gasteiger partial charge in [0.25, 0.3) is 0 Å². The standard InChI is InChI=1S/C16H23N3O2/c1-19-7-3-5-14(19)10-18-11-15(20)12-21-16-6-2-4-13(8-16)9-17/h2,4,6,8,14-15,18,20H,3,5,7,10-12H2,1H3. The van der Waals surface area contributed by atoms with Crippen LogP contribution in [0.15, 0.2) is 24.3 Å². The number of aliphatic hydroxyl groups is 1. The number of likely N-dealkylation sites (tertiary alicyclic amines) is 1. The molecule has 5 heteroatoms. The van der Waals surface area contributed by atoms with Gasteiger partial charge < -0.3 is 20.1 Å². The number of likely N-dealkylation sites (N-methyl/N-ethyl adjacent to an activating group) is 1. The molecule has 0 saturated carbocycles. The van der Waals surface area contributed by atoms with E-state index in [-0.39, 0.29) is 6.61 Å². The number of hydrogen-bond acceptors (Lipinski definition) is 5. The lowest BCUT2D eigenvalue weighted by Crippen LogP contribution is -2.39. The molecule has 0 aliphatic carbocycles. The zero-order chi connectivity index (χ0) is 15.1. The number of aliphatic hydroxyl groups excluding tert-OH is 1. The van der Waals surface area contributed by atoms with Gasteiger partial charge in [0.2, 0.25) is 0 Å². The molecule has 2 N–H and O–H groups in total. The van der Waals surface area contributed by atoms with Crippen molar-refractivity contribution in [1.29, 1.82) is 5.26 Å². The van der Waals surface area contributed by atoms with Gasteiger partial charge in [0.05, 0.1) is 11.6 Å². The molecule has 0 radical (unpaired) electrons. The second kappa shape index (κ2) is 7.99. The van der Waals surface area contributed by atoms with Gasteiger partial charge in [-0.2, -0.15) is 5.26 Å². The van der Waals surface area contributed by atoms with Crippen LogP contribution in [0.4, 0.5) is 0 Å². The molecule has 114 valence electrons. The summed E-state index contributed by atoms with van der Waals surface area (Å²) in [5.41, 5.74) is 0.560. The molecular weight excluding hydrogens is 266 g/mol. The molecule has 1 heterocycles. The zero-order valence-electron chi connectivity index (χ0n) is 12.5. The van der Waals surface area contributed by atoms with Crippen molar-refractivity contribution in [2.75, 3.05) is 33.3 Å². The molecule has 1 aliphatic heterocycles. The number of nitriles is 1. The van der Waals surface area contributed by atoms with Crippen molar-refractivity contribution in [1.82, 2.24) is 10.2 Å². The van der Waals surface area contributed by atoms with Crippen LogP contribution < -0.4 is 10.1 Å². The molecule has 1 aromatic rings. The summed E-state index contributed by atoms with van der Waals surface area (Å²) >= 11 is 0. The molecule has 2 atom stereocenters. The number of hydrogen-bond donors (Lipinski definition) is 2. The van der Waals surface area contributed by atoms with Gasteiger partial charge in [-0.1, -0.05) is 6.07 Å². The maximum Gasteiger partial charge on any atom is 0.120 e. The first-order chi connectivity index (χ1) is 10.2. The highest BCUT2D eigenvalue weighted by atomic mass is 16.5. The average molecular weight is 289 g/mol. The van der Waals surface area contributed by atoms with Crippen LogP contribution in [-0.2, 0) is 0 Å². The van der Waals surface area contributed by atoms with Crippen LogP contribution in [-0.4, -0.2) is 55.4 Å². The minimum atomic E-state index is -0.553. The molecule has 0 amide bonds. The molecule has 1 saturated heterocycles. The lowest BCUT2D eigenvalue weighted by atomic mass is 10.2. The maximum absolute atomic E-state index is 9.91. The summed E-state index contributed by atoms with van der Waals surface area (Å²) in [6, 6.07) is 9.60. The number of ether oxygens (including phenoxy) is 1. The predicted molar refractivity (Wildman–Crippen MR) is 81.2 cm³/mol. The first-order valence-electron chi connectivity index (χ1n) is 7.41. The molecule has 0 bridgehead atoms. The number of benzene rings is 1. The smallest absolute Gasteiger partial charge is 0.120 e. The van der Waals surface area contributed by atoms with E-state index in [1.807, 2.05) is 0 Å². The highest BCUT2D eigenvalue weighted by Gasteiger charge is 2.20. The second-order valence-corrected chi connectivity index (χ2v) is 5.54. The number of nitrogens with one attached hydrogen (secondary N) is 1. The van der Waals surface area contributed by atoms with E-state index in [2.05, 4.69) is 23.3 Å². The van der Waals surface area contributed by atoms with Crippen molar-refractivity contribution in [2.24, 2.45) is 0 Å². The maximum atomic E-state index is 9.91. The number of nitrogens with zero attached hydrogens (tertiary/aromatic N) is 2. The van der Waals surface area contributed by atoms with E-state index in [9.17, 15) is 5.11 Å².